The number of nitriles is 1. The smallest absolute Gasteiger partial charge is 0.263 e. The number of carbonyl (C=O) groups is 1. The van der Waals surface area contributed by atoms with Crippen molar-refractivity contribution in [1.29, 1.82) is 5.26 Å². The molecule has 0 bridgehead atoms. The number of rotatable bonds is 6. The minimum Gasteiger partial charge on any atom is -0.389 e. The van der Waals surface area contributed by atoms with Crippen molar-refractivity contribution in [2.24, 2.45) is 0 Å². The summed E-state index contributed by atoms with van der Waals surface area (Å²) >= 11 is 0. The Morgan fingerprint density at radius 1 is 1.36 bits per heavy atom. The molecule has 0 aliphatic heterocycles. The van der Waals surface area contributed by atoms with Crippen LogP contribution >= 0.6 is 0 Å². The van der Waals surface area contributed by atoms with Crippen molar-refractivity contribution < 1.29 is 4.79 Å². The molecule has 0 radical (unpaired) electrons. The van der Waals surface area contributed by atoms with Crippen LogP contribution in [0.5, 0.6) is 0 Å². The second-order valence-corrected chi connectivity index (χ2v) is 5.76. The molecule has 116 valence electrons. The van der Waals surface area contributed by atoms with Gasteiger partial charge in [0.05, 0.1) is 0 Å². The summed E-state index contributed by atoms with van der Waals surface area (Å²) in [4.78, 5) is 12.0. The normalized spacial score (nSPS) is 15.4. The van der Waals surface area contributed by atoms with Crippen molar-refractivity contribution in [3.8, 4) is 6.07 Å². The zero-order valence-corrected chi connectivity index (χ0v) is 13.1. The molecule has 0 heterocycles. The Morgan fingerprint density at radius 3 is 2.77 bits per heavy atom. The van der Waals surface area contributed by atoms with Crippen LogP contribution in [0.15, 0.2) is 36.0 Å². The summed E-state index contributed by atoms with van der Waals surface area (Å²) in [6, 6.07) is 10.4. The fraction of sp³-hybridized carbons (Fsp3) is 0.444. The average molecular weight is 297 g/mol. The minimum absolute atomic E-state index is 0.150. The first-order valence-corrected chi connectivity index (χ1v) is 7.89. The summed E-state index contributed by atoms with van der Waals surface area (Å²) in [6.07, 6.45) is 6.75. The Morgan fingerprint density at radius 2 is 2.09 bits per heavy atom. The summed E-state index contributed by atoms with van der Waals surface area (Å²) < 4.78 is 0. The molecule has 1 aliphatic carbocycles. The van der Waals surface area contributed by atoms with Gasteiger partial charge >= 0.3 is 0 Å². The van der Waals surface area contributed by atoms with E-state index in [1.165, 1.54) is 17.3 Å². The van der Waals surface area contributed by atoms with Crippen LogP contribution in [0.4, 0.5) is 0 Å². The first-order valence-electron chi connectivity index (χ1n) is 7.89. The van der Waals surface area contributed by atoms with Crippen LogP contribution in [0.2, 0.25) is 0 Å². The third kappa shape index (κ3) is 4.63. The minimum atomic E-state index is -0.266. The van der Waals surface area contributed by atoms with Crippen molar-refractivity contribution in [3.63, 3.8) is 0 Å². The number of hydrogen-bond acceptors (Lipinski definition) is 3. The second kappa shape index (κ2) is 8.23. The molecule has 1 fully saturated rings. The first-order chi connectivity index (χ1) is 10.7. The predicted octanol–water partition coefficient (Wildman–Crippen LogP) is 2.59. The van der Waals surface area contributed by atoms with E-state index in [1.54, 1.807) is 0 Å². The quantitative estimate of drug-likeness (QED) is 0.482. The lowest BCUT2D eigenvalue weighted by atomic mass is 10.1. The van der Waals surface area contributed by atoms with Gasteiger partial charge < -0.3 is 10.6 Å². The third-order valence-corrected chi connectivity index (χ3v) is 4.10. The summed E-state index contributed by atoms with van der Waals surface area (Å²) in [5.41, 5.74) is 2.68. The molecule has 4 heteroatoms. The van der Waals surface area contributed by atoms with Crippen LogP contribution < -0.4 is 10.6 Å². The van der Waals surface area contributed by atoms with Crippen molar-refractivity contribution in [3.05, 3.63) is 47.2 Å². The van der Waals surface area contributed by atoms with Gasteiger partial charge in [0.1, 0.15) is 11.6 Å². The number of hydrogen-bond donors (Lipinski definition) is 2. The molecule has 0 aromatic heterocycles. The second-order valence-electron chi connectivity index (χ2n) is 5.76. The third-order valence-electron chi connectivity index (χ3n) is 4.10. The summed E-state index contributed by atoms with van der Waals surface area (Å²) in [5.74, 6) is -0.266. The van der Waals surface area contributed by atoms with E-state index in [-0.39, 0.29) is 17.5 Å². The Hall–Kier alpha value is -2.28. The molecule has 1 aliphatic rings. The van der Waals surface area contributed by atoms with E-state index in [4.69, 9.17) is 5.26 Å². The van der Waals surface area contributed by atoms with Gasteiger partial charge in [-0.15, -0.1) is 0 Å². The number of carbonyl (C=O) groups excluding carboxylic acids is 1. The SMILES string of the molecule is Cc1ccccc1CCN/C=C(/C#N)C(=O)NC1CCCC1. The Labute approximate surface area is 132 Å². The molecule has 0 atom stereocenters. The number of nitrogens with zero attached hydrogens (tertiary/aromatic N) is 1. The van der Waals surface area contributed by atoms with E-state index in [2.05, 4.69) is 29.7 Å². The van der Waals surface area contributed by atoms with E-state index < -0.39 is 0 Å². The summed E-state index contributed by atoms with van der Waals surface area (Å²) in [5, 5.41) is 15.1. The fourth-order valence-electron chi connectivity index (χ4n) is 2.75. The molecule has 0 unspecified atom stereocenters. The van der Waals surface area contributed by atoms with Crippen LogP contribution in [0.3, 0.4) is 0 Å². The van der Waals surface area contributed by atoms with E-state index in [0.717, 1.165) is 32.1 Å². The van der Waals surface area contributed by atoms with Gasteiger partial charge in [0.25, 0.3) is 5.91 Å². The molecule has 0 spiro atoms. The first kappa shape index (κ1) is 16.1. The Kier molecular flexibility index (Phi) is 6.02. The number of nitrogens with one attached hydrogen (secondary N) is 2. The molecule has 1 aromatic carbocycles. The van der Waals surface area contributed by atoms with Crippen molar-refractivity contribution >= 4 is 5.91 Å². The van der Waals surface area contributed by atoms with Crippen LogP contribution in [-0.2, 0) is 11.2 Å². The lowest BCUT2D eigenvalue weighted by Crippen LogP contribution is -2.34. The van der Waals surface area contributed by atoms with E-state index >= 15 is 0 Å². The highest BCUT2D eigenvalue weighted by molar-refractivity contribution is 5.97. The molecule has 1 aromatic rings. The zero-order chi connectivity index (χ0) is 15.8. The topological polar surface area (TPSA) is 64.9 Å². The van der Waals surface area contributed by atoms with Crippen LogP contribution in [-0.4, -0.2) is 18.5 Å². The fourth-order valence-corrected chi connectivity index (χ4v) is 2.75. The zero-order valence-electron chi connectivity index (χ0n) is 13.1. The molecule has 0 saturated heterocycles. The largest absolute Gasteiger partial charge is 0.389 e. The molecular weight excluding hydrogens is 274 g/mol. The Balaban J connectivity index is 1.80. The maximum atomic E-state index is 12.0. The molecule has 1 amide bonds. The Bertz CT molecular complexity index is 580. The summed E-state index contributed by atoms with van der Waals surface area (Å²) in [6.45, 7) is 2.79. The molecule has 4 nitrogen and oxygen atoms in total. The highest BCUT2D eigenvalue weighted by atomic mass is 16.1. The van der Waals surface area contributed by atoms with Gasteiger partial charge in [-0.3, -0.25) is 4.79 Å². The number of aryl methyl sites for hydroxylation is 1. The van der Waals surface area contributed by atoms with Gasteiger partial charge in [-0.25, -0.2) is 0 Å². The van der Waals surface area contributed by atoms with Crippen molar-refractivity contribution in [2.75, 3.05) is 6.54 Å². The molecule has 22 heavy (non-hydrogen) atoms. The molecule has 2 rings (SSSR count). The lowest BCUT2D eigenvalue weighted by Gasteiger charge is -2.11. The van der Waals surface area contributed by atoms with Gasteiger partial charge in [-0.05, 0) is 37.3 Å². The van der Waals surface area contributed by atoms with Gasteiger partial charge in [0.2, 0.25) is 0 Å². The average Bonchev–Trinajstić information content (AvgIpc) is 3.02. The highest BCUT2D eigenvalue weighted by Gasteiger charge is 2.19. The molecular formula is C18H23N3O. The van der Waals surface area contributed by atoms with E-state index in [9.17, 15) is 4.79 Å². The van der Waals surface area contributed by atoms with Gasteiger partial charge in [-0.1, -0.05) is 37.1 Å². The highest BCUT2D eigenvalue weighted by Crippen LogP contribution is 2.17. The van der Waals surface area contributed by atoms with Gasteiger partial charge in [0.15, 0.2) is 0 Å². The van der Waals surface area contributed by atoms with Crippen molar-refractivity contribution in [2.45, 2.75) is 45.1 Å². The van der Waals surface area contributed by atoms with Gasteiger partial charge in [-0.2, -0.15) is 5.26 Å². The standard InChI is InChI=1S/C18H23N3O/c1-14-6-2-3-7-15(14)10-11-20-13-16(12-19)18(22)21-17-8-4-5-9-17/h2-3,6-7,13,17,20H,4-5,8-11H2,1H3,(H,21,22)/b16-13-. The summed E-state index contributed by atoms with van der Waals surface area (Å²) in [7, 11) is 0. The van der Waals surface area contributed by atoms with Crippen LogP contribution in [0.1, 0.15) is 36.8 Å². The van der Waals surface area contributed by atoms with Crippen LogP contribution in [0.25, 0.3) is 0 Å². The number of benzene rings is 1. The molecule has 1 saturated carbocycles. The van der Waals surface area contributed by atoms with E-state index in [1.807, 2.05) is 18.2 Å². The maximum absolute atomic E-state index is 12.0. The predicted molar refractivity (Wildman–Crippen MR) is 87.0 cm³/mol. The van der Waals surface area contributed by atoms with E-state index in [0.29, 0.717) is 6.54 Å². The maximum Gasteiger partial charge on any atom is 0.263 e. The van der Waals surface area contributed by atoms with Crippen molar-refractivity contribution in [1.82, 2.24) is 10.6 Å². The molecule has 2 N–H and O–H groups in total. The monoisotopic (exact) mass is 297 g/mol. The lowest BCUT2D eigenvalue weighted by molar-refractivity contribution is -0.117. The van der Waals surface area contributed by atoms with Crippen LogP contribution in [0, 0.1) is 18.3 Å². The number of amides is 1. The van der Waals surface area contributed by atoms with Gasteiger partial charge in [0, 0.05) is 18.8 Å².